The molecule has 1 aliphatic rings. The largest absolute Gasteiger partial charge is 0.335 e. The standard InChI is InChI=1S/C19H19F2N3O4S/c1-12-10-13(3-5-17(12)22-29(27)28)18(25)23-6-8-24(9-7-23)19(26)14-2-4-15(20)16(21)11-14/h2-5,10-11,22H,6-9H2,1H3,(H,27,28). The average Bonchev–Trinajstić information content (AvgIpc) is 2.70. The molecule has 29 heavy (non-hydrogen) atoms. The van der Waals surface area contributed by atoms with Crippen molar-refractivity contribution in [3.8, 4) is 0 Å². The first kappa shape index (κ1) is 20.9. The molecule has 0 aliphatic carbocycles. The summed E-state index contributed by atoms with van der Waals surface area (Å²) >= 11 is -2.20. The number of piperazine rings is 1. The van der Waals surface area contributed by atoms with Crippen molar-refractivity contribution in [1.82, 2.24) is 9.80 Å². The van der Waals surface area contributed by atoms with Crippen LogP contribution in [0.5, 0.6) is 0 Å². The van der Waals surface area contributed by atoms with Gasteiger partial charge in [-0.15, -0.1) is 0 Å². The van der Waals surface area contributed by atoms with E-state index in [0.717, 1.165) is 12.1 Å². The Morgan fingerprint density at radius 3 is 1.93 bits per heavy atom. The Hall–Kier alpha value is -2.85. The van der Waals surface area contributed by atoms with Gasteiger partial charge in [0.05, 0.1) is 5.69 Å². The fourth-order valence-electron chi connectivity index (χ4n) is 3.11. The Kier molecular flexibility index (Phi) is 6.23. The van der Waals surface area contributed by atoms with Crippen LogP contribution in [-0.2, 0) is 11.3 Å². The molecule has 1 atom stereocenters. The zero-order chi connectivity index (χ0) is 21.1. The molecule has 0 radical (unpaired) electrons. The molecule has 0 bridgehead atoms. The first-order valence-electron chi connectivity index (χ1n) is 8.78. The van der Waals surface area contributed by atoms with Gasteiger partial charge >= 0.3 is 0 Å². The molecule has 2 N–H and O–H groups in total. The fourth-order valence-corrected chi connectivity index (χ4v) is 3.53. The third-order valence-electron chi connectivity index (χ3n) is 4.69. The van der Waals surface area contributed by atoms with Crippen LogP contribution in [0.2, 0.25) is 0 Å². The zero-order valence-electron chi connectivity index (χ0n) is 15.5. The molecule has 2 amide bonds. The van der Waals surface area contributed by atoms with Gasteiger partial charge in [-0.25, -0.2) is 13.0 Å². The maximum Gasteiger partial charge on any atom is 0.259 e. The van der Waals surface area contributed by atoms with Crippen LogP contribution in [0.1, 0.15) is 26.3 Å². The molecular formula is C19H19F2N3O4S. The van der Waals surface area contributed by atoms with E-state index in [1.807, 2.05) is 0 Å². The molecule has 2 aromatic rings. The molecule has 1 aliphatic heterocycles. The van der Waals surface area contributed by atoms with E-state index in [4.69, 9.17) is 4.55 Å². The van der Waals surface area contributed by atoms with Gasteiger partial charge < -0.3 is 9.80 Å². The average molecular weight is 423 g/mol. The second kappa shape index (κ2) is 8.66. The van der Waals surface area contributed by atoms with Crippen LogP contribution in [0.15, 0.2) is 36.4 Å². The highest BCUT2D eigenvalue weighted by molar-refractivity contribution is 7.80. The molecule has 0 aromatic heterocycles. The Bertz CT molecular complexity index is 978. The topological polar surface area (TPSA) is 90.0 Å². The van der Waals surface area contributed by atoms with Crippen LogP contribution in [-0.4, -0.2) is 56.6 Å². The molecular weight excluding hydrogens is 404 g/mol. The third-order valence-corrected chi connectivity index (χ3v) is 5.09. The highest BCUT2D eigenvalue weighted by Crippen LogP contribution is 2.19. The van der Waals surface area contributed by atoms with Crippen molar-refractivity contribution >= 4 is 28.8 Å². The van der Waals surface area contributed by atoms with E-state index < -0.39 is 28.8 Å². The fraction of sp³-hybridized carbons (Fsp3) is 0.263. The first-order chi connectivity index (χ1) is 13.8. The number of hydrogen-bond donors (Lipinski definition) is 2. The van der Waals surface area contributed by atoms with Gasteiger partial charge in [0.1, 0.15) is 0 Å². The van der Waals surface area contributed by atoms with Crippen molar-refractivity contribution < 1.29 is 27.1 Å². The molecule has 0 spiro atoms. The number of nitrogens with one attached hydrogen (secondary N) is 1. The van der Waals surface area contributed by atoms with Gasteiger partial charge in [-0.3, -0.25) is 18.9 Å². The number of carbonyl (C=O) groups excluding carboxylic acids is 2. The van der Waals surface area contributed by atoms with Crippen LogP contribution in [0.25, 0.3) is 0 Å². The third kappa shape index (κ3) is 4.77. The van der Waals surface area contributed by atoms with Crippen LogP contribution in [0.4, 0.5) is 14.5 Å². The number of halogens is 2. The second-order valence-corrected chi connectivity index (χ2v) is 7.30. The second-order valence-electron chi connectivity index (χ2n) is 6.59. The molecule has 1 saturated heterocycles. The van der Waals surface area contributed by atoms with Crippen molar-refractivity contribution in [2.45, 2.75) is 6.92 Å². The van der Waals surface area contributed by atoms with Crippen molar-refractivity contribution in [3.05, 3.63) is 64.7 Å². The summed E-state index contributed by atoms with van der Waals surface area (Å²) in [6, 6.07) is 7.75. The number of nitrogens with zero attached hydrogens (tertiary/aromatic N) is 2. The SMILES string of the molecule is Cc1cc(C(=O)N2CCN(C(=O)c3ccc(F)c(F)c3)CC2)ccc1NS(=O)O. The van der Waals surface area contributed by atoms with Crippen LogP contribution in [0, 0.1) is 18.6 Å². The Morgan fingerprint density at radius 2 is 1.45 bits per heavy atom. The molecule has 1 unspecified atom stereocenters. The van der Waals surface area contributed by atoms with Gasteiger partial charge in [-0.1, -0.05) is 0 Å². The van der Waals surface area contributed by atoms with E-state index in [1.165, 1.54) is 11.0 Å². The zero-order valence-corrected chi connectivity index (χ0v) is 16.3. The van der Waals surface area contributed by atoms with E-state index >= 15 is 0 Å². The maximum absolute atomic E-state index is 13.4. The Morgan fingerprint density at radius 1 is 0.931 bits per heavy atom. The van der Waals surface area contributed by atoms with Crippen molar-refractivity contribution in [2.75, 3.05) is 30.9 Å². The van der Waals surface area contributed by atoms with Crippen LogP contribution < -0.4 is 4.72 Å². The summed E-state index contributed by atoms with van der Waals surface area (Å²) < 4.78 is 48.5. The number of anilines is 1. The smallest absolute Gasteiger partial charge is 0.259 e. The summed E-state index contributed by atoms with van der Waals surface area (Å²) in [6.45, 7) is 2.85. The summed E-state index contributed by atoms with van der Waals surface area (Å²) in [5, 5.41) is 0. The van der Waals surface area contributed by atoms with Gasteiger partial charge in [0.25, 0.3) is 23.1 Å². The minimum absolute atomic E-state index is 0.0589. The van der Waals surface area contributed by atoms with E-state index in [9.17, 15) is 22.6 Å². The Balaban J connectivity index is 1.63. The first-order valence-corrected chi connectivity index (χ1v) is 9.88. The van der Waals surface area contributed by atoms with E-state index in [2.05, 4.69) is 4.72 Å². The molecule has 10 heteroatoms. The minimum atomic E-state index is -2.20. The predicted octanol–water partition coefficient (Wildman–Crippen LogP) is 2.42. The molecule has 1 heterocycles. The lowest BCUT2D eigenvalue weighted by molar-refractivity contribution is 0.0535. The van der Waals surface area contributed by atoms with Gasteiger partial charge in [-0.05, 0) is 48.9 Å². The summed E-state index contributed by atoms with van der Waals surface area (Å²) in [5.74, 6) is -2.73. The van der Waals surface area contributed by atoms with Crippen molar-refractivity contribution in [3.63, 3.8) is 0 Å². The van der Waals surface area contributed by atoms with Gasteiger partial charge in [-0.2, -0.15) is 0 Å². The molecule has 3 rings (SSSR count). The van der Waals surface area contributed by atoms with Gasteiger partial charge in [0.2, 0.25) is 0 Å². The lowest BCUT2D eigenvalue weighted by Gasteiger charge is -2.35. The Labute approximate surface area is 168 Å². The monoisotopic (exact) mass is 423 g/mol. The summed E-state index contributed by atoms with van der Waals surface area (Å²) in [5.41, 5.74) is 1.58. The molecule has 2 aromatic carbocycles. The van der Waals surface area contributed by atoms with E-state index in [-0.39, 0.29) is 24.6 Å². The number of carbonyl (C=O) groups is 2. The predicted molar refractivity (Wildman–Crippen MR) is 104 cm³/mol. The number of rotatable bonds is 4. The number of benzene rings is 2. The highest BCUT2D eigenvalue weighted by Gasteiger charge is 2.26. The summed E-state index contributed by atoms with van der Waals surface area (Å²) in [7, 11) is 0. The van der Waals surface area contributed by atoms with Crippen molar-refractivity contribution in [1.29, 1.82) is 0 Å². The van der Waals surface area contributed by atoms with E-state index in [0.29, 0.717) is 29.9 Å². The normalized spacial score (nSPS) is 15.2. The summed E-state index contributed by atoms with van der Waals surface area (Å²) in [6.07, 6.45) is 0. The quantitative estimate of drug-likeness (QED) is 0.739. The van der Waals surface area contributed by atoms with Crippen LogP contribution >= 0.6 is 0 Å². The number of hydrogen-bond acceptors (Lipinski definition) is 3. The van der Waals surface area contributed by atoms with Gasteiger partial charge in [0, 0.05) is 37.3 Å². The van der Waals surface area contributed by atoms with Gasteiger partial charge in [0.15, 0.2) is 11.6 Å². The molecule has 7 nitrogen and oxygen atoms in total. The summed E-state index contributed by atoms with van der Waals surface area (Å²) in [4.78, 5) is 28.3. The minimum Gasteiger partial charge on any atom is -0.335 e. The molecule has 0 saturated carbocycles. The van der Waals surface area contributed by atoms with E-state index in [1.54, 1.807) is 30.0 Å². The maximum atomic E-state index is 13.4. The lowest BCUT2D eigenvalue weighted by atomic mass is 10.1. The highest BCUT2D eigenvalue weighted by atomic mass is 32.2. The van der Waals surface area contributed by atoms with Crippen LogP contribution in [0.3, 0.4) is 0 Å². The number of aryl methyl sites for hydroxylation is 1. The van der Waals surface area contributed by atoms with Crippen molar-refractivity contribution in [2.24, 2.45) is 0 Å². The molecule has 1 fully saturated rings. The molecule has 154 valence electrons. The number of amides is 2. The lowest BCUT2D eigenvalue weighted by Crippen LogP contribution is -2.50.